The standard InChI is InChI=1S/C9H15NO3S/c1-3-4-8(11)10-7(9(12)13)5-6-14-2/h3-4,7H,5-6H2,1-2H3,(H,10,11)(H,12,13)/t7-/m0/s1. The number of hydrogen-bond donors (Lipinski definition) is 2. The second kappa shape index (κ2) is 7.44. The molecule has 0 aromatic carbocycles. The van der Waals surface area contributed by atoms with Crippen molar-refractivity contribution in [1.29, 1.82) is 0 Å². The minimum atomic E-state index is -0.989. The van der Waals surface area contributed by atoms with Crippen molar-refractivity contribution in [2.75, 3.05) is 12.0 Å². The molecule has 4 nitrogen and oxygen atoms in total. The number of carboxylic acids is 1. The predicted octanol–water partition coefficient (Wildman–Crippen LogP) is 0.885. The zero-order valence-electron chi connectivity index (χ0n) is 8.32. The molecule has 0 aromatic heterocycles. The van der Waals surface area contributed by atoms with Gasteiger partial charge in [0.1, 0.15) is 6.04 Å². The number of thioether (sulfide) groups is 1. The monoisotopic (exact) mass is 217 g/mol. The fraction of sp³-hybridized carbons (Fsp3) is 0.556. The van der Waals surface area contributed by atoms with Crippen LogP contribution in [0.4, 0.5) is 0 Å². The molecule has 0 unspecified atom stereocenters. The Kier molecular flexibility index (Phi) is 6.92. The average molecular weight is 217 g/mol. The van der Waals surface area contributed by atoms with Crippen molar-refractivity contribution in [3.05, 3.63) is 12.2 Å². The molecule has 5 heteroatoms. The summed E-state index contributed by atoms with van der Waals surface area (Å²) in [6.07, 6.45) is 5.23. The van der Waals surface area contributed by atoms with Crippen molar-refractivity contribution in [2.45, 2.75) is 19.4 Å². The Bertz CT molecular complexity index is 228. The van der Waals surface area contributed by atoms with Crippen LogP contribution in [-0.2, 0) is 9.59 Å². The Morgan fingerprint density at radius 3 is 2.64 bits per heavy atom. The minimum absolute atomic E-state index is 0.360. The van der Waals surface area contributed by atoms with Crippen LogP contribution < -0.4 is 5.32 Å². The Morgan fingerprint density at radius 2 is 2.21 bits per heavy atom. The molecule has 2 N–H and O–H groups in total. The first kappa shape index (κ1) is 13.0. The number of rotatable bonds is 6. The largest absolute Gasteiger partial charge is 0.480 e. The maximum atomic E-state index is 11.1. The molecular formula is C9H15NO3S. The average Bonchev–Trinajstić information content (AvgIpc) is 2.12. The second-order valence-corrected chi connectivity index (χ2v) is 3.67. The molecule has 0 bridgehead atoms. The number of carbonyl (C=O) groups excluding carboxylic acids is 1. The molecular weight excluding hydrogens is 202 g/mol. The highest BCUT2D eigenvalue weighted by molar-refractivity contribution is 7.98. The van der Waals surface area contributed by atoms with E-state index in [0.29, 0.717) is 12.2 Å². The van der Waals surface area contributed by atoms with Crippen LogP contribution in [0.25, 0.3) is 0 Å². The van der Waals surface area contributed by atoms with Crippen molar-refractivity contribution in [3.8, 4) is 0 Å². The Morgan fingerprint density at radius 1 is 1.57 bits per heavy atom. The smallest absolute Gasteiger partial charge is 0.326 e. The second-order valence-electron chi connectivity index (χ2n) is 2.68. The van der Waals surface area contributed by atoms with Gasteiger partial charge >= 0.3 is 5.97 Å². The van der Waals surface area contributed by atoms with E-state index in [2.05, 4.69) is 5.32 Å². The number of allylic oxidation sites excluding steroid dienone is 1. The lowest BCUT2D eigenvalue weighted by Crippen LogP contribution is -2.40. The van der Waals surface area contributed by atoms with E-state index in [1.54, 1.807) is 24.8 Å². The van der Waals surface area contributed by atoms with Gasteiger partial charge in [-0.3, -0.25) is 4.79 Å². The highest BCUT2D eigenvalue weighted by atomic mass is 32.2. The quantitative estimate of drug-likeness (QED) is 0.648. The highest BCUT2D eigenvalue weighted by Gasteiger charge is 2.17. The first-order valence-corrected chi connectivity index (χ1v) is 5.66. The van der Waals surface area contributed by atoms with E-state index in [4.69, 9.17) is 5.11 Å². The van der Waals surface area contributed by atoms with Crippen LogP contribution in [0.15, 0.2) is 12.2 Å². The molecule has 0 aliphatic rings. The highest BCUT2D eigenvalue weighted by Crippen LogP contribution is 2.00. The lowest BCUT2D eigenvalue weighted by atomic mass is 10.2. The van der Waals surface area contributed by atoms with Crippen LogP contribution >= 0.6 is 11.8 Å². The topological polar surface area (TPSA) is 66.4 Å². The van der Waals surface area contributed by atoms with Crippen molar-refractivity contribution in [3.63, 3.8) is 0 Å². The van der Waals surface area contributed by atoms with Crippen LogP contribution in [0, 0.1) is 0 Å². The number of amides is 1. The van der Waals surface area contributed by atoms with Crippen molar-refractivity contribution in [2.24, 2.45) is 0 Å². The van der Waals surface area contributed by atoms with Crippen LogP contribution in [0.5, 0.6) is 0 Å². The van der Waals surface area contributed by atoms with Gasteiger partial charge in [-0.15, -0.1) is 0 Å². The van der Waals surface area contributed by atoms with E-state index in [0.717, 1.165) is 0 Å². The van der Waals surface area contributed by atoms with E-state index in [1.807, 2.05) is 6.26 Å². The molecule has 0 saturated carbocycles. The van der Waals surface area contributed by atoms with Gasteiger partial charge in [0.25, 0.3) is 0 Å². The van der Waals surface area contributed by atoms with E-state index < -0.39 is 12.0 Å². The van der Waals surface area contributed by atoms with Crippen molar-refractivity contribution >= 4 is 23.6 Å². The number of aliphatic carboxylic acids is 1. The third-order valence-corrected chi connectivity index (χ3v) is 2.19. The lowest BCUT2D eigenvalue weighted by Gasteiger charge is -2.11. The number of carboxylic acid groups (broad SMARTS) is 1. The fourth-order valence-electron chi connectivity index (χ4n) is 0.864. The summed E-state index contributed by atoms with van der Waals surface area (Å²) < 4.78 is 0. The predicted molar refractivity (Wildman–Crippen MR) is 57.4 cm³/mol. The first-order valence-electron chi connectivity index (χ1n) is 4.26. The number of carbonyl (C=O) groups is 2. The molecule has 0 rings (SSSR count). The van der Waals surface area contributed by atoms with Gasteiger partial charge in [0, 0.05) is 0 Å². The van der Waals surface area contributed by atoms with E-state index in [-0.39, 0.29) is 5.91 Å². The molecule has 0 spiro atoms. The van der Waals surface area contributed by atoms with Crippen LogP contribution in [0.2, 0.25) is 0 Å². The third-order valence-electron chi connectivity index (χ3n) is 1.54. The zero-order valence-corrected chi connectivity index (χ0v) is 9.13. The summed E-state index contributed by atoms with van der Waals surface area (Å²) in [6, 6.07) is -0.786. The summed E-state index contributed by atoms with van der Waals surface area (Å²) in [5, 5.41) is 11.2. The molecule has 0 aromatic rings. The number of hydrogen-bond acceptors (Lipinski definition) is 3. The molecule has 0 fully saturated rings. The summed E-state index contributed by atoms with van der Waals surface area (Å²) in [7, 11) is 0. The van der Waals surface area contributed by atoms with Gasteiger partial charge in [-0.1, -0.05) is 6.08 Å². The lowest BCUT2D eigenvalue weighted by molar-refractivity contribution is -0.141. The van der Waals surface area contributed by atoms with Gasteiger partial charge in [0.2, 0.25) is 5.91 Å². The van der Waals surface area contributed by atoms with Gasteiger partial charge in [-0.25, -0.2) is 4.79 Å². The molecule has 0 heterocycles. The van der Waals surface area contributed by atoms with Crippen LogP contribution in [0.1, 0.15) is 13.3 Å². The van der Waals surface area contributed by atoms with Gasteiger partial charge in [0.05, 0.1) is 0 Å². The van der Waals surface area contributed by atoms with E-state index >= 15 is 0 Å². The van der Waals surface area contributed by atoms with Crippen LogP contribution in [0.3, 0.4) is 0 Å². The van der Waals surface area contributed by atoms with Crippen molar-refractivity contribution < 1.29 is 14.7 Å². The normalized spacial score (nSPS) is 12.7. The molecule has 14 heavy (non-hydrogen) atoms. The molecule has 0 aliphatic heterocycles. The van der Waals surface area contributed by atoms with Gasteiger partial charge in [-0.2, -0.15) is 11.8 Å². The SMILES string of the molecule is CC=CC(=O)N[C@@H](CCSC)C(=O)O. The zero-order chi connectivity index (χ0) is 11.0. The minimum Gasteiger partial charge on any atom is -0.480 e. The van der Waals surface area contributed by atoms with Gasteiger partial charge in [-0.05, 0) is 31.4 Å². The Balaban J connectivity index is 4.08. The molecule has 0 saturated heterocycles. The van der Waals surface area contributed by atoms with E-state index in [9.17, 15) is 9.59 Å². The summed E-state index contributed by atoms with van der Waals surface area (Å²) >= 11 is 1.56. The molecule has 80 valence electrons. The van der Waals surface area contributed by atoms with Gasteiger partial charge in [0.15, 0.2) is 0 Å². The Hall–Kier alpha value is -0.970. The van der Waals surface area contributed by atoms with Crippen molar-refractivity contribution in [1.82, 2.24) is 5.32 Å². The maximum Gasteiger partial charge on any atom is 0.326 e. The fourth-order valence-corrected chi connectivity index (χ4v) is 1.34. The molecule has 1 atom stereocenters. The van der Waals surface area contributed by atoms with Gasteiger partial charge < -0.3 is 10.4 Å². The first-order chi connectivity index (χ1) is 6.61. The maximum absolute atomic E-state index is 11.1. The summed E-state index contributed by atoms with van der Waals surface area (Å²) in [5.74, 6) is -0.634. The van der Waals surface area contributed by atoms with Crippen LogP contribution in [-0.4, -0.2) is 35.0 Å². The van der Waals surface area contributed by atoms with E-state index in [1.165, 1.54) is 6.08 Å². The Labute approximate surface area is 87.8 Å². The summed E-state index contributed by atoms with van der Waals surface area (Å²) in [6.45, 7) is 1.71. The summed E-state index contributed by atoms with van der Waals surface area (Å²) in [4.78, 5) is 21.8. The third kappa shape index (κ3) is 5.64. The molecule has 0 aliphatic carbocycles. The summed E-state index contributed by atoms with van der Waals surface area (Å²) in [5.41, 5.74) is 0. The molecule has 0 radical (unpaired) electrons. The molecule has 1 amide bonds. The number of nitrogens with one attached hydrogen (secondary N) is 1.